The second kappa shape index (κ2) is 5.21. The minimum atomic E-state index is -4.79. The van der Waals surface area contributed by atoms with Crippen LogP contribution in [-0.2, 0) is 16.3 Å². The quantitative estimate of drug-likeness (QED) is 0.645. The van der Waals surface area contributed by atoms with E-state index in [9.17, 15) is 26.1 Å². The van der Waals surface area contributed by atoms with Crippen molar-refractivity contribution in [2.75, 3.05) is 5.73 Å². The van der Waals surface area contributed by atoms with Gasteiger partial charge >= 0.3 is 6.18 Å². The molecule has 2 rings (SSSR count). The third-order valence-corrected chi connectivity index (χ3v) is 3.81. The average molecular weight is 333 g/mol. The minimum absolute atomic E-state index is 0.237. The highest BCUT2D eigenvalue weighted by molar-refractivity contribution is 7.86. The molecule has 22 heavy (non-hydrogen) atoms. The van der Waals surface area contributed by atoms with Crippen LogP contribution < -0.4 is 5.73 Å². The molecule has 0 aliphatic heterocycles. The molecule has 2 aromatic rings. The fourth-order valence-corrected chi connectivity index (χ4v) is 2.71. The summed E-state index contributed by atoms with van der Waals surface area (Å²) in [6, 6.07) is 3.72. The third-order valence-electron chi connectivity index (χ3n) is 2.86. The zero-order valence-electron chi connectivity index (χ0n) is 11.1. The zero-order valence-corrected chi connectivity index (χ0v) is 11.9. The van der Waals surface area contributed by atoms with E-state index in [1.54, 1.807) is 0 Å². The van der Waals surface area contributed by atoms with Gasteiger partial charge in [0.2, 0.25) is 5.82 Å². The van der Waals surface area contributed by atoms with Crippen LogP contribution in [0.4, 0.5) is 18.9 Å². The number of aryl methyl sites for hydroxylation is 1. The largest absolute Gasteiger partial charge is 0.451 e. The lowest BCUT2D eigenvalue weighted by molar-refractivity contribution is -0.144. The highest BCUT2D eigenvalue weighted by Crippen LogP contribution is 2.34. The second-order valence-corrected chi connectivity index (χ2v) is 5.77. The summed E-state index contributed by atoms with van der Waals surface area (Å²) in [5.74, 6) is -1.43. The van der Waals surface area contributed by atoms with Gasteiger partial charge in [-0.2, -0.15) is 21.6 Å². The van der Waals surface area contributed by atoms with Gasteiger partial charge in [-0.3, -0.25) is 4.55 Å². The first-order valence-electron chi connectivity index (χ1n) is 5.79. The summed E-state index contributed by atoms with van der Waals surface area (Å²) < 4.78 is 70.2. The van der Waals surface area contributed by atoms with Gasteiger partial charge in [-0.15, -0.1) is 0 Å². The molecular formula is C12H10F3N3O3S. The molecule has 1 heterocycles. The van der Waals surface area contributed by atoms with Crippen LogP contribution in [0.25, 0.3) is 11.3 Å². The molecule has 0 unspecified atom stereocenters. The molecule has 0 fully saturated rings. The van der Waals surface area contributed by atoms with Gasteiger partial charge in [-0.1, -0.05) is 12.1 Å². The number of nitrogens with zero attached hydrogens (tertiary/aromatic N) is 2. The number of hydrogen-bond donors (Lipinski definition) is 2. The lowest BCUT2D eigenvalue weighted by Gasteiger charge is -2.12. The van der Waals surface area contributed by atoms with Crippen LogP contribution in [0, 0.1) is 6.92 Å². The maximum atomic E-state index is 12.6. The number of hydrogen-bond acceptors (Lipinski definition) is 5. The summed E-state index contributed by atoms with van der Waals surface area (Å²) in [5.41, 5.74) is 5.16. The van der Waals surface area contributed by atoms with Crippen molar-refractivity contribution in [3.8, 4) is 11.3 Å². The number of anilines is 1. The van der Waals surface area contributed by atoms with Crippen molar-refractivity contribution in [3.05, 3.63) is 35.8 Å². The fraction of sp³-hybridized carbons (Fsp3) is 0.167. The number of alkyl halides is 3. The molecule has 0 spiro atoms. The van der Waals surface area contributed by atoms with Crippen LogP contribution in [-0.4, -0.2) is 22.9 Å². The first-order chi connectivity index (χ1) is 10.0. The predicted molar refractivity (Wildman–Crippen MR) is 71.4 cm³/mol. The van der Waals surface area contributed by atoms with E-state index in [1.165, 1.54) is 19.1 Å². The number of rotatable bonds is 2. The maximum Gasteiger partial charge on any atom is 0.451 e. The van der Waals surface area contributed by atoms with Crippen LogP contribution in [0.3, 0.4) is 0 Å². The van der Waals surface area contributed by atoms with E-state index in [-0.39, 0.29) is 16.9 Å². The molecule has 1 aromatic carbocycles. The number of aromatic nitrogens is 2. The summed E-state index contributed by atoms with van der Waals surface area (Å²) in [7, 11) is -4.75. The highest BCUT2D eigenvalue weighted by atomic mass is 32.2. The van der Waals surface area contributed by atoms with Crippen molar-refractivity contribution in [1.29, 1.82) is 0 Å². The van der Waals surface area contributed by atoms with Crippen LogP contribution in [0.15, 0.2) is 29.3 Å². The van der Waals surface area contributed by atoms with Gasteiger partial charge in [0, 0.05) is 11.8 Å². The summed E-state index contributed by atoms with van der Waals surface area (Å²) in [4.78, 5) is 5.70. The van der Waals surface area contributed by atoms with Crippen molar-refractivity contribution in [1.82, 2.24) is 9.97 Å². The smallest absolute Gasteiger partial charge is 0.397 e. The number of nitrogens with two attached hydrogens (primary N) is 1. The van der Waals surface area contributed by atoms with E-state index in [2.05, 4.69) is 9.97 Å². The van der Waals surface area contributed by atoms with E-state index in [4.69, 9.17) is 5.73 Å². The Morgan fingerprint density at radius 3 is 2.41 bits per heavy atom. The normalized spacial score (nSPS) is 12.4. The molecule has 0 bridgehead atoms. The minimum Gasteiger partial charge on any atom is -0.397 e. The van der Waals surface area contributed by atoms with Gasteiger partial charge in [0.05, 0.1) is 11.4 Å². The van der Waals surface area contributed by atoms with Gasteiger partial charge in [0.15, 0.2) is 0 Å². The van der Waals surface area contributed by atoms with Crippen molar-refractivity contribution >= 4 is 15.8 Å². The first kappa shape index (κ1) is 16.2. The summed E-state index contributed by atoms with van der Waals surface area (Å²) in [6.07, 6.45) is -3.94. The van der Waals surface area contributed by atoms with E-state index < -0.39 is 27.0 Å². The standard InChI is InChI=1S/C12H10F3N3O3S/c1-6-2-3-7(10(9(6)16)22(19,20)21)8-4-5-17-11(18-8)12(13,14)15/h2-5H,16H2,1H3,(H,19,20,21). The number of benzene rings is 1. The number of halogens is 3. The monoisotopic (exact) mass is 333 g/mol. The fourth-order valence-electron chi connectivity index (χ4n) is 1.82. The molecule has 0 saturated heterocycles. The molecule has 3 N–H and O–H groups in total. The Balaban J connectivity index is 2.77. The molecule has 6 nitrogen and oxygen atoms in total. The molecule has 0 amide bonds. The van der Waals surface area contributed by atoms with Gasteiger partial charge in [0.1, 0.15) is 4.90 Å². The lowest BCUT2D eigenvalue weighted by Crippen LogP contribution is -2.12. The van der Waals surface area contributed by atoms with Crippen LogP contribution >= 0.6 is 0 Å². The Kier molecular flexibility index (Phi) is 3.83. The van der Waals surface area contributed by atoms with Gasteiger partial charge in [-0.05, 0) is 18.6 Å². The molecule has 1 aromatic heterocycles. The zero-order chi connectivity index (χ0) is 16.7. The SMILES string of the molecule is Cc1ccc(-c2ccnc(C(F)(F)F)n2)c(S(=O)(=O)O)c1N. The van der Waals surface area contributed by atoms with Crippen LogP contribution in [0.1, 0.15) is 11.4 Å². The van der Waals surface area contributed by atoms with E-state index >= 15 is 0 Å². The van der Waals surface area contributed by atoms with Gasteiger partial charge in [-0.25, -0.2) is 9.97 Å². The van der Waals surface area contributed by atoms with Crippen molar-refractivity contribution < 1.29 is 26.1 Å². The Bertz CT molecular complexity index is 835. The van der Waals surface area contributed by atoms with Crippen molar-refractivity contribution in [2.45, 2.75) is 18.0 Å². The Morgan fingerprint density at radius 2 is 1.86 bits per heavy atom. The summed E-state index contributed by atoms with van der Waals surface area (Å²) in [6.45, 7) is 1.49. The topological polar surface area (TPSA) is 106 Å². The Morgan fingerprint density at radius 1 is 1.23 bits per heavy atom. The van der Waals surface area contributed by atoms with Crippen LogP contribution in [0.5, 0.6) is 0 Å². The molecule has 0 aliphatic rings. The first-order valence-corrected chi connectivity index (χ1v) is 7.23. The van der Waals surface area contributed by atoms with E-state index in [1.807, 2.05) is 0 Å². The maximum absolute atomic E-state index is 12.6. The number of nitrogen functional groups attached to an aromatic ring is 1. The third kappa shape index (κ3) is 3.02. The summed E-state index contributed by atoms with van der Waals surface area (Å²) in [5, 5.41) is 0. The Hall–Kier alpha value is -2.20. The predicted octanol–water partition coefficient (Wildman–Crippen LogP) is 2.30. The Labute approximate surface area is 123 Å². The molecule has 0 atom stereocenters. The molecular weight excluding hydrogens is 323 g/mol. The summed E-state index contributed by atoms with van der Waals surface area (Å²) >= 11 is 0. The molecule has 0 radical (unpaired) electrons. The van der Waals surface area contributed by atoms with Gasteiger partial charge < -0.3 is 5.73 Å². The molecule has 10 heteroatoms. The van der Waals surface area contributed by atoms with Crippen molar-refractivity contribution in [2.24, 2.45) is 0 Å². The second-order valence-electron chi connectivity index (χ2n) is 4.41. The molecule has 0 saturated carbocycles. The lowest BCUT2D eigenvalue weighted by atomic mass is 10.1. The molecule has 0 aliphatic carbocycles. The van der Waals surface area contributed by atoms with Crippen LogP contribution in [0.2, 0.25) is 0 Å². The van der Waals surface area contributed by atoms with Gasteiger partial charge in [0.25, 0.3) is 10.1 Å². The van der Waals surface area contributed by atoms with E-state index in [0.717, 1.165) is 12.3 Å². The average Bonchev–Trinajstić information content (AvgIpc) is 2.39. The molecule has 118 valence electrons. The van der Waals surface area contributed by atoms with Crippen molar-refractivity contribution in [3.63, 3.8) is 0 Å². The highest BCUT2D eigenvalue weighted by Gasteiger charge is 2.35. The van der Waals surface area contributed by atoms with E-state index in [0.29, 0.717) is 5.56 Å².